The Morgan fingerprint density at radius 1 is 1.08 bits per heavy atom. The van der Waals surface area contributed by atoms with E-state index in [4.69, 9.17) is 4.42 Å². The molecule has 0 radical (unpaired) electrons. The fraction of sp³-hybridized carbons (Fsp3) is 0.158. The Morgan fingerprint density at radius 3 is 2.54 bits per heavy atom. The monoisotopic (exact) mass is 323 g/mol. The fourth-order valence-electron chi connectivity index (χ4n) is 2.53. The molecule has 0 unspecified atom stereocenters. The van der Waals surface area contributed by atoms with E-state index in [2.05, 4.69) is 5.32 Å². The van der Waals surface area contributed by atoms with Gasteiger partial charge in [-0.1, -0.05) is 42.5 Å². The number of rotatable bonds is 5. The number of hydrogen-bond donors (Lipinski definition) is 2. The zero-order valence-corrected chi connectivity index (χ0v) is 12.9. The Morgan fingerprint density at radius 2 is 1.79 bits per heavy atom. The molecule has 2 aromatic carbocycles. The molecule has 0 aliphatic carbocycles. The van der Waals surface area contributed by atoms with Crippen LogP contribution in [0.25, 0.3) is 11.0 Å². The Balaban J connectivity index is 1.79. The number of aliphatic hydroxyl groups is 1. The number of aliphatic hydroxyl groups excluding tert-OH is 1. The number of para-hydroxylation sites is 1. The first-order valence-corrected chi connectivity index (χ1v) is 7.66. The molecule has 0 aliphatic rings. The molecule has 0 bridgehead atoms. The molecule has 0 fully saturated rings. The summed E-state index contributed by atoms with van der Waals surface area (Å²) < 4.78 is 5.51. The van der Waals surface area contributed by atoms with Crippen molar-refractivity contribution in [3.8, 4) is 0 Å². The predicted molar refractivity (Wildman–Crippen MR) is 91.0 cm³/mol. The van der Waals surface area contributed by atoms with Crippen molar-refractivity contribution >= 4 is 16.9 Å². The van der Waals surface area contributed by atoms with Gasteiger partial charge in [0.2, 0.25) is 0 Å². The number of fused-ring (bicyclic) bond motifs is 1. The van der Waals surface area contributed by atoms with Crippen LogP contribution >= 0.6 is 0 Å². The minimum absolute atomic E-state index is 0.0646. The summed E-state index contributed by atoms with van der Waals surface area (Å²) in [4.78, 5) is 24.4. The summed E-state index contributed by atoms with van der Waals surface area (Å²) in [5, 5.41) is 12.6. The Hall–Kier alpha value is -2.92. The van der Waals surface area contributed by atoms with Crippen LogP contribution in [0.15, 0.2) is 69.9 Å². The van der Waals surface area contributed by atoms with E-state index < -0.39 is 11.9 Å². The molecule has 3 aromatic rings. The van der Waals surface area contributed by atoms with Crippen LogP contribution in [0.1, 0.15) is 16.1 Å². The molecule has 1 heterocycles. The van der Waals surface area contributed by atoms with Crippen molar-refractivity contribution in [1.82, 2.24) is 5.32 Å². The molecule has 5 heteroatoms. The van der Waals surface area contributed by atoms with Crippen LogP contribution in [-0.4, -0.2) is 23.7 Å². The summed E-state index contributed by atoms with van der Waals surface area (Å²) in [6, 6.07) is 17.0. The lowest BCUT2D eigenvalue weighted by molar-refractivity contribution is 0.0889. The molecular formula is C19H17NO4. The highest BCUT2D eigenvalue weighted by Crippen LogP contribution is 2.12. The molecular weight excluding hydrogens is 306 g/mol. The van der Waals surface area contributed by atoms with Crippen molar-refractivity contribution in [1.29, 1.82) is 0 Å². The van der Waals surface area contributed by atoms with Crippen LogP contribution in [0, 0.1) is 0 Å². The second kappa shape index (κ2) is 7.10. The topological polar surface area (TPSA) is 79.5 Å². The second-order valence-corrected chi connectivity index (χ2v) is 5.51. The lowest BCUT2D eigenvalue weighted by Gasteiger charge is -2.16. The van der Waals surface area contributed by atoms with E-state index in [0.29, 0.717) is 17.4 Å². The van der Waals surface area contributed by atoms with Crippen molar-refractivity contribution in [3.05, 3.63) is 82.2 Å². The highest BCUT2D eigenvalue weighted by atomic mass is 16.3. The van der Waals surface area contributed by atoms with Crippen LogP contribution < -0.4 is 10.7 Å². The summed E-state index contributed by atoms with van der Waals surface area (Å²) in [5.74, 6) is -0.585. The SMILES string of the molecule is O=C(N[C@H](CO)Cc1ccccc1)c1cc(=O)c2ccccc2o1. The van der Waals surface area contributed by atoms with Crippen molar-refractivity contribution in [2.45, 2.75) is 12.5 Å². The van der Waals surface area contributed by atoms with Crippen LogP contribution in [0.4, 0.5) is 0 Å². The van der Waals surface area contributed by atoms with Gasteiger partial charge in [0.1, 0.15) is 5.58 Å². The fourth-order valence-corrected chi connectivity index (χ4v) is 2.53. The number of benzene rings is 2. The van der Waals surface area contributed by atoms with Gasteiger partial charge in [-0.15, -0.1) is 0 Å². The summed E-state index contributed by atoms with van der Waals surface area (Å²) in [7, 11) is 0. The third-order valence-electron chi connectivity index (χ3n) is 3.74. The molecule has 1 atom stereocenters. The molecule has 1 amide bonds. The summed E-state index contributed by atoms with van der Waals surface area (Å²) in [6.45, 7) is -0.210. The summed E-state index contributed by atoms with van der Waals surface area (Å²) in [6.07, 6.45) is 0.487. The third kappa shape index (κ3) is 3.52. The first kappa shape index (κ1) is 16.0. The molecule has 5 nitrogen and oxygen atoms in total. The average molecular weight is 323 g/mol. The maximum Gasteiger partial charge on any atom is 0.287 e. The van der Waals surface area contributed by atoms with Crippen LogP contribution in [0.2, 0.25) is 0 Å². The van der Waals surface area contributed by atoms with Crippen molar-refractivity contribution in [2.24, 2.45) is 0 Å². The smallest absolute Gasteiger partial charge is 0.287 e. The first-order chi connectivity index (χ1) is 11.7. The maximum absolute atomic E-state index is 12.3. The van der Waals surface area contributed by atoms with Gasteiger partial charge in [0.05, 0.1) is 18.0 Å². The third-order valence-corrected chi connectivity index (χ3v) is 3.74. The molecule has 0 saturated carbocycles. The molecule has 0 spiro atoms. The van der Waals surface area contributed by atoms with Gasteiger partial charge >= 0.3 is 0 Å². The zero-order valence-electron chi connectivity index (χ0n) is 12.9. The second-order valence-electron chi connectivity index (χ2n) is 5.51. The minimum atomic E-state index is -0.521. The minimum Gasteiger partial charge on any atom is -0.451 e. The van der Waals surface area contributed by atoms with Crippen molar-refractivity contribution in [3.63, 3.8) is 0 Å². The highest BCUT2D eigenvalue weighted by molar-refractivity contribution is 5.93. The van der Waals surface area contributed by atoms with Gasteiger partial charge in [-0.05, 0) is 24.1 Å². The van der Waals surface area contributed by atoms with Gasteiger partial charge in [0.25, 0.3) is 5.91 Å². The van der Waals surface area contributed by atoms with E-state index in [0.717, 1.165) is 5.56 Å². The Labute approximate surface area is 138 Å². The number of hydrogen-bond acceptors (Lipinski definition) is 4. The van der Waals surface area contributed by atoms with E-state index in [1.165, 1.54) is 6.07 Å². The average Bonchev–Trinajstić information content (AvgIpc) is 2.62. The number of nitrogens with one attached hydrogen (secondary N) is 1. The van der Waals surface area contributed by atoms with Crippen LogP contribution in [0.5, 0.6) is 0 Å². The molecule has 0 saturated heterocycles. The van der Waals surface area contributed by atoms with Gasteiger partial charge < -0.3 is 14.8 Å². The van der Waals surface area contributed by atoms with Gasteiger partial charge in [-0.25, -0.2) is 0 Å². The lowest BCUT2D eigenvalue weighted by atomic mass is 10.1. The van der Waals surface area contributed by atoms with Crippen molar-refractivity contribution < 1.29 is 14.3 Å². The quantitative estimate of drug-likeness (QED) is 0.754. The predicted octanol–water partition coefficient (Wildman–Crippen LogP) is 2.13. The summed E-state index contributed by atoms with van der Waals surface area (Å²) >= 11 is 0. The molecule has 122 valence electrons. The normalized spacial score (nSPS) is 12.0. The Kier molecular flexibility index (Phi) is 4.72. The van der Waals surface area contributed by atoms with E-state index in [1.54, 1.807) is 24.3 Å². The highest BCUT2D eigenvalue weighted by Gasteiger charge is 2.17. The molecule has 1 aromatic heterocycles. The van der Waals surface area contributed by atoms with E-state index >= 15 is 0 Å². The molecule has 24 heavy (non-hydrogen) atoms. The number of carbonyl (C=O) groups excluding carboxylic acids is 1. The number of amides is 1. The van der Waals surface area contributed by atoms with Crippen LogP contribution in [0.3, 0.4) is 0 Å². The van der Waals surface area contributed by atoms with Gasteiger partial charge in [-0.3, -0.25) is 9.59 Å². The standard InChI is InChI=1S/C19H17NO4/c21-12-14(10-13-6-2-1-3-7-13)20-19(23)18-11-16(22)15-8-4-5-9-17(15)24-18/h1-9,11,14,21H,10,12H2,(H,20,23)/t14-/m0/s1. The molecule has 3 rings (SSSR count). The van der Waals surface area contributed by atoms with Gasteiger partial charge in [-0.2, -0.15) is 0 Å². The summed E-state index contributed by atoms with van der Waals surface area (Å²) in [5.41, 5.74) is 1.08. The number of carbonyl (C=O) groups is 1. The lowest BCUT2D eigenvalue weighted by Crippen LogP contribution is -2.39. The molecule has 0 aliphatic heterocycles. The van der Waals surface area contributed by atoms with E-state index in [1.807, 2.05) is 30.3 Å². The van der Waals surface area contributed by atoms with Gasteiger partial charge in [0, 0.05) is 6.07 Å². The maximum atomic E-state index is 12.3. The Bertz CT molecular complexity index is 902. The van der Waals surface area contributed by atoms with Crippen LogP contribution in [-0.2, 0) is 6.42 Å². The zero-order chi connectivity index (χ0) is 16.9. The van der Waals surface area contributed by atoms with E-state index in [-0.39, 0.29) is 17.8 Å². The van der Waals surface area contributed by atoms with E-state index in [9.17, 15) is 14.7 Å². The molecule has 2 N–H and O–H groups in total. The van der Waals surface area contributed by atoms with Crippen molar-refractivity contribution in [2.75, 3.05) is 6.61 Å². The first-order valence-electron chi connectivity index (χ1n) is 7.66. The largest absolute Gasteiger partial charge is 0.451 e. The van der Waals surface area contributed by atoms with Gasteiger partial charge in [0.15, 0.2) is 11.2 Å².